The monoisotopic (exact) mass is 370 g/mol. The van der Waals surface area contributed by atoms with E-state index in [0.717, 1.165) is 42.4 Å². The van der Waals surface area contributed by atoms with Gasteiger partial charge >= 0.3 is 0 Å². The fourth-order valence-corrected chi connectivity index (χ4v) is 8.16. The van der Waals surface area contributed by atoms with Gasteiger partial charge in [-0.3, -0.25) is 0 Å². The van der Waals surface area contributed by atoms with Gasteiger partial charge in [0, 0.05) is 0 Å². The van der Waals surface area contributed by atoms with Crippen molar-refractivity contribution in [1.29, 1.82) is 0 Å². The maximum Gasteiger partial charge on any atom is 0.0577 e. The third-order valence-corrected chi connectivity index (χ3v) is 9.68. The Labute approximate surface area is 167 Å². The second-order valence-corrected chi connectivity index (χ2v) is 11.0. The van der Waals surface area contributed by atoms with Crippen molar-refractivity contribution in [2.45, 2.75) is 98.0 Å². The third-order valence-electron chi connectivity index (χ3n) is 9.68. The van der Waals surface area contributed by atoms with Crippen LogP contribution in [0.2, 0.25) is 0 Å². The normalized spacial score (nSPS) is 47.9. The molecule has 27 heavy (non-hydrogen) atoms. The number of allylic oxidation sites excluding steroid dienone is 3. The van der Waals surface area contributed by atoms with Crippen LogP contribution < -0.4 is 0 Å². The highest BCUT2D eigenvalue weighted by atomic mass is 16.3. The van der Waals surface area contributed by atoms with Gasteiger partial charge in [-0.2, -0.15) is 0 Å². The van der Waals surface area contributed by atoms with Gasteiger partial charge in [0.15, 0.2) is 0 Å². The molecule has 8 atom stereocenters. The van der Waals surface area contributed by atoms with Gasteiger partial charge in [0.2, 0.25) is 0 Å². The van der Waals surface area contributed by atoms with Crippen LogP contribution in [0.1, 0.15) is 91.9 Å². The van der Waals surface area contributed by atoms with Gasteiger partial charge in [-0.15, -0.1) is 0 Å². The summed E-state index contributed by atoms with van der Waals surface area (Å²) in [5, 5.41) is 10.2. The molecule has 4 rings (SSSR count). The average molecular weight is 371 g/mol. The largest absolute Gasteiger partial charge is 0.393 e. The zero-order chi connectivity index (χ0) is 19.2. The molecule has 0 radical (unpaired) electrons. The highest BCUT2D eigenvalue weighted by molar-refractivity contribution is 5.25. The van der Waals surface area contributed by atoms with Gasteiger partial charge in [-0.05, 0) is 98.2 Å². The molecule has 0 aromatic heterocycles. The standard InChI is InChI=1S/C26H42O/c1-5-6-7-8-18(2)22-11-12-23-21-10-9-19-17-20(27)13-15-25(19,3)24(21)14-16-26(22,23)4/h7-9,18,20-24,27H,5-6,10-17H2,1-4H3/b8-7+/t18-,20+,21+,22-,23+,24+,25+,26-/m1/s1. The summed E-state index contributed by atoms with van der Waals surface area (Å²) in [4.78, 5) is 0. The van der Waals surface area contributed by atoms with Crippen LogP contribution >= 0.6 is 0 Å². The number of hydrogen-bond acceptors (Lipinski definition) is 1. The van der Waals surface area contributed by atoms with E-state index < -0.39 is 0 Å². The number of hydrogen-bond donors (Lipinski definition) is 1. The Morgan fingerprint density at radius 2 is 1.96 bits per heavy atom. The first-order valence-electron chi connectivity index (χ1n) is 11.9. The molecule has 0 spiro atoms. The molecule has 0 aliphatic heterocycles. The minimum absolute atomic E-state index is 0.0821. The molecule has 0 saturated heterocycles. The van der Waals surface area contributed by atoms with Crippen molar-refractivity contribution >= 4 is 0 Å². The molecule has 0 aromatic rings. The molecule has 0 unspecified atom stereocenters. The molecule has 4 aliphatic rings. The lowest BCUT2D eigenvalue weighted by atomic mass is 9.47. The van der Waals surface area contributed by atoms with Crippen LogP contribution in [0.25, 0.3) is 0 Å². The number of unbranched alkanes of at least 4 members (excludes halogenated alkanes) is 1. The first-order chi connectivity index (χ1) is 12.9. The Bertz CT molecular complexity index is 603. The molecule has 0 heterocycles. The van der Waals surface area contributed by atoms with E-state index in [1.54, 1.807) is 5.57 Å². The summed E-state index contributed by atoms with van der Waals surface area (Å²) in [5.41, 5.74) is 2.54. The van der Waals surface area contributed by atoms with E-state index in [-0.39, 0.29) is 6.10 Å². The lowest BCUT2D eigenvalue weighted by molar-refractivity contribution is -0.0540. The molecule has 1 heteroatoms. The van der Waals surface area contributed by atoms with Crippen molar-refractivity contribution in [2.75, 3.05) is 0 Å². The predicted molar refractivity (Wildman–Crippen MR) is 114 cm³/mol. The molecule has 152 valence electrons. The summed E-state index contributed by atoms with van der Waals surface area (Å²) in [6.07, 6.45) is 20.2. The minimum atomic E-state index is -0.0821. The Kier molecular flexibility index (Phi) is 5.38. The van der Waals surface area contributed by atoms with Gasteiger partial charge in [-0.1, -0.05) is 57.9 Å². The first-order valence-corrected chi connectivity index (χ1v) is 11.9. The van der Waals surface area contributed by atoms with Gasteiger partial charge in [0.05, 0.1) is 6.10 Å². The topological polar surface area (TPSA) is 20.2 Å². The SMILES string of the molecule is CCC/C=C/[C@@H](C)[C@H]1CC[C@H]2[C@@H]3CC=C4C[C@@H](O)CC[C@]4(C)[C@H]3CC[C@]12C. The summed E-state index contributed by atoms with van der Waals surface area (Å²) in [6, 6.07) is 0. The van der Waals surface area contributed by atoms with E-state index in [9.17, 15) is 5.11 Å². The lowest BCUT2D eigenvalue weighted by Crippen LogP contribution is -2.50. The number of rotatable bonds is 4. The van der Waals surface area contributed by atoms with E-state index in [1.165, 1.54) is 51.4 Å². The van der Waals surface area contributed by atoms with E-state index >= 15 is 0 Å². The Morgan fingerprint density at radius 3 is 2.74 bits per heavy atom. The number of fused-ring (bicyclic) bond motifs is 5. The molecule has 0 aromatic carbocycles. The maximum atomic E-state index is 10.2. The van der Waals surface area contributed by atoms with Crippen LogP contribution in [0.15, 0.2) is 23.8 Å². The van der Waals surface area contributed by atoms with Crippen LogP contribution in [0, 0.1) is 40.4 Å². The van der Waals surface area contributed by atoms with Crippen LogP contribution in [0.5, 0.6) is 0 Å². The Balaban J connectivity index is 1.55. The summed E-state index contributed by atoms with van der Waals surface area (Å²) in [7, 11) is 0. The first kappa shape index (κ1) is 19.7. The van der Waals surface area contributed by atoms with E-state index in [0.29, 0.717) is 10.8 Å². The molecule has 1 nitrogen and oxygen atoms in total. The molecule has 4 aliphatic carbocycles. The maximum absolute atomic E-state index is 10.2. The number of aliphatic hydroxyl groups is 1. The molecule has 0 bridgehead atoms. The zero-order valence-electron chi connectivity index (χ0n) is 18.2. The van der Waals surface area contributed by atoms with E-state index in [2.05, 4.69) is 45.9 Å². The van der Waals surface area contributed by atoms with Crippen molar-refractivity contribution in [1.82, 2.24) is 0 Å². The summed E-state index contributed by atoms with van der Waals surface area (Å²) >= 11 is 0. The van der Waals surface area contributed by atoms with Crippen LogP contribution in [-0.2, 0) is 0 Å². The zero-order valence-corrected chi connectivity index (χ0v) is 18.2. The van der Waals surface area contributed by atoms with Gasteiger partial charge in [0.25, 0.3) is 0 Å². The highest BCUT2D eigenvalue weighted by Crippen LogP contribution is 2.67. The quantitative estimate of drug-likeness (QED) is 0.533. The molecule has 1 N–H and O–H groups in total. The van der Waals surface area contributed by atoms with Crippen LogP contribution in [0.4, 0.5) is 0 Å². The van der Waals surface area contributed by atoms with Crippen molar-refractivity contribution < 1.29 is 5.11 Å². The van der Waals surface area contributed by atoms with Gasteiger partial charge in [0.1, 0.15) is 0 Å². The summed E-state index contributed by atoms with van der Waals surface area (Å²) < 4.78 is 0. The van der Waals surface area contributed by atoms with Crippen molar-refractivity contribution in [2.24, 2.45) is 40.4 Å². The van der Waals surface area contributed by atoms with Crippen LogP contribution in [-0.4, -0.2) is 11.2 Å². The highest BCUT2D eigenvalue weighted by Gasteiger charge is 2.58. The molecule has 3 fully saturated rings. The van der Waals surface area contributed by atoms with Gasteiger partial charge < -0.3 is 5.11 Å². The summed E-state index contributed by atoms with van der Waals surface area (Å²) in [6.45, 7) is 9.97. The van der Waals surface area contributed by atoms with Crippen molar-refractivity contribution in [3.05, 3.63) is 23.8 Å². The Morgan fingerprint density at radius 1 is 1.15 bits per heavy atom. The van der Waals surface area contributed by atoms with Gasteiger partial charge in [-0.25, -0.2) is 0 Å². The molecular formula is C26H42O. The smallest absolute Gasteiger partial charge is 0.0577 e. The summed E-state index contributed by atoms with van der Waals surface area (Å²) in [5.74, 6) is 4.29. The lowest BCUT2D eigenvalue weighted by Gasteiger charge is -2.58. The average Bonchev–Trinajstić information content (AvgIpc) is 3.00. The minimum Gasteiger partial charge on any atom is -0.393 e. The second kappa shape index (κ2) is 7.36. The second-order valence-electron chi connectivity index (χ2n) is 11.0. The molecule has 0 amide bonds. The third kappa shape index (κ3) is 3.17. The fourth-order valence-electron chi connectivity index (χ4n) is 8.16. The molecular weight excluding hydrogens is 328 g/mol. The fraction of sp³-hybridized carbons (Fsp3) is 0.846. The van der Waals surface area contributed by atoms with Crippen molar-refractivity contribution in [3.63, 3.8) is 0 Å². The predicted octanol–water partition coefficient (Wildman–Crippen LogP) is 6.92. The number of aliphatic hydroxyl groups excluding tert-OH is 1. The van der Waals surface area contributed by atoms with Crippen molar-refractivity contribution in [3.8, 4) is 0 Å². The molecule has 3 saturated carbocycles. The van der Waals surface area contributed by atoms with E-state index in [1.807, 2.05) is 0 Å². The Hall–Kier alpha value is -0.560. The van der Waals surface area contributed by atoms with Crippen LogP contribution in [0.3, 0.4) is 0 Å². The van der Waals surface area contributed by atoms with E-state index in [4.69, 9.17) is 0 Å².